The van der Waals surface area contributed by atoms with Gasteiger partial charge >= 0.3 is 0 Å². The Balaban J connectivity index is 2.34. The third kappa shape index (κ3) is 2.56. The number of ether oxygens (including phenoxy) is 1. The van der Waals surface area contributed by atoms with Crippen LogP contribution in [0.1, 0.15) is 13.3 Å². The van der Waals surface area contributed by atoms with Crippen LogP contribution in [-0.4, -0.2) is 13.0 Å². The molecule has 0 fully saturated rings. The number of rotatable bonds is 3. The predicted molar refractivity (Wildman–Crippen MR) is 69.4 cm³/mol. The molecule has 2 aromatic rings. The third-order valence-corrected chi connectivity index (χ3v) is 2.65. The molecule has 0 aliphatic rings. The van der Waals surface area contributed by atoms with Crippen LogP contribution < -0.4 is 10.1 Å². The molecule has 2 aromatic carbocycles. The number of hydrogen-bond donors (Lipinski definition) is 1. The summed E-state index contributed by atoms with van der Waals surface area (Å²) in [5, 5.41) is 5.02. The van der Waals surface area contributed by atoms with Crippen molar-refractivity contribution in [3.8, 4) is 5.75 Å². The largest absolute Gasteiger partial charge is 0.497 e. The molecule has 0 saturated carbocycles. The Labute approximate surface area is 100 Å². The average Bonchev–Trinajstić information content (AvgIpc) is 2.38. The van der Waals surface area contributed by atoms with Crippen LogP contribution in [0.3, 0.4) is 0 Å². The van der Waals surface area contributed by atoms with Crippen LogP contribution in [-0.2, 0) is 4.79 Å². The Morgan fingerprint density at radius 3 is 2.59 bits per heavy atom. The molecule has 0 aliphatic heterocycles. The number of anilines is 1. The van der Waals surface area contributed by atoms with E-state index in [9.17, 15) is 4.79 Å². The van der Waals surface area contributed by atoms with Gasteiger partial charge in [-0.2, -0.15) is 0 Å². The molecular formula is C14H15NO2. The Morgan fingerprint density at radius 1 is 1.18 bits per heavy atom. The number of nitrogens with one attached hydrogen (secondary N) is 1. The number of fused-ring (bicyclic) bond motifs is 1. The van der Waals surface area contributed by atoms with Crippen LogP contribution in [0.15, 0.2) is 36.4 Å². The number of amides is 1. The van der Waals surface area contributed by atoms with E-state index in [-0.39, 0.29) is 5.91 Å². The monoisotopic (exact) mass is 229 g/mol. The minimum atomic E-state index is 0.0258. The molecule has 0 aliphatic carbocycles. The minimum Gasteiger partial charge on any atom is -0.497 e. The van der Waals surface area contributed by atoms with Crippen LogP contribution >= 0.6 is 0 Å². The maximum Gasteiger partial charge on any atom is 0.224 e. The topological polar surface area (TPSA) is 38.3 Å². The van der Waals surface area contributed by atoms with Gasteiger partial charge in [-0.1, -0.05) is 19.1 Å². The van der Waals surface area contributed by atoms with E-state index in [1.54, 1.807) is 7.11 Å². The van der Waals surface area contributed by atoms with E-state index >= 15 is 0 Å². The van der Waals surface area contributed by atoms with E-state index in [0.29, 0.717) is 6.42 Å². The average molecular weight is 229 g/mol. The van der Waals surface area contributed by atoms with Crippen molar-refractivity contribution in [2.75, 3.05) is 12.4 Å². The Morgan fingerprint density at radius 2 is 1.88 bits per heavy atom. The SMILES string of the molecule is CCC(=O)Nc1ccc2cc(OC)ccc2c1. The number of carbonyl (C=O) groups excluding carboxylic acids is 1. The first-order chi connectivity index (χ1) is 8.22. The zero-order valence-electron chi connectivity index (χ0n) is 9.99. The summed E-state index contributed by atoms with van der Waals surface area (Å²) in [5.41, 5.74) is 0.828. The van der Waals surface area contributed by atoms with Gasteiger partial charge in [0.25, 0.3) is 0 Å². The zero-order chi connectivity index (χ0) is 12.3. The first-order valence-electron chi connectivity index (χ1n) is 5.60. The summed E-state index contributed by atoms with van der Waals surface area (Å²) in [6.45, 7) is 1.83. The van der Waals surface area contributed by atoms with Crippen molar-refractivity contribution in [1.82, 2.24) is 0 Å². The third-order valence-electron chi connectivity index (χ3n) is 2.65. The minimum absolute atomic E-state index is 0.0258. The van der Waals surface area contributed by atoms with Gasteiger partial charge in [0.15, 0.2) is 0 Å². The highest BCUT2D eigenvalue weighted by molar-refractivity contribution is 5.94. The molecule has 0 saturated heterocycles. The number of hydrogen-bond acceptors (Lipinski definition) is 2. The van der Waals surface area contributed by atoms with Gasteiger partial charge in [0.05, 0.1) is 7.11 Å². The van der Waals surface area contributed by atoms with Crippen molar-refractivity contribution < 1.29 is 9.53 Å². The molecule has 88 valence electrons. The lowest BCUT2D eigenvalue weighted by molar-refractivity contribution is -0.115. The van der Waals surface area contributed by atoms with Crippen molar-refractivity contribution in [2.45, 2.75) is 13.3 Å². The molecule has 2 rings (SSSR count). The molecular weight excluding hydrogens is 214 g/mol. The van der Waals surface area contributed by atoms with Crippen molar-refractivity contribution in [3.63, 3.8) is 0 Å². The summed E-state index contributed by atoms with van der Waals surface area (Å²) in [6.07, 6.45) is 0.487. The molecule has 0 radical (unpaired) electrons. The zero-order valence-corrected chi connectivity index (χ0v) is 9.99. The van der Waals surface area contributed by atoms with E-state index in [0.717, 1.165) is 22.2 Å². The van der Waals surface area contributed by atoms with Gasteiger partial charge in [0.1, 0.15) is 5.75 Å². The highest BCUT2D eigenvalue weighted by Crippen LogP contribution is 2.23. The van der Waals surface area contributed by atoms with Crippen molar-refractivity contribution in [2.24, 2.45) is 0 Å². The summed E-state index contributed by atoms with van der Waals surface area (Å²) in [4.78, 5) is 11.3. The van der Waals surface area contributed by atoms with Gasteiger partial charge in [-0.3, -0.25) is 4.79 Å². The second-order valence-corrected chi connectivity index (χ2v) is 3.83. The number of benzene rings is 2. The molecule has 0 unspecified atom stereocenters. The molecule has 3 nitrogen and oxygen atoms in total. The molecule has 0 bridgehead atoms. The van der Waals surface area contributed by atoms with E-state index in [1.165, 1.54) is 0 Å². The van der Waals surface area contributed by atoms with E-state index < -0.39 is 0 Å². The molecule has 1 N–H and O–H groups in total. The van der Waals surface area contributed by atoms with Crippen LogP contribution in [0.25, 0.3) is 10.8 Å². The lowest BCUT2D eigenvalue weighted by Crippen LogP contribution is -2.09. The second kappa shape index (κ2) is 4.87. The Kier molecular flexibility index (Phi) is 3.28. The predicted octanol–water partition coefficient (Wildman–Crippen LogP) is 3.20. The first-order valence-corrected chi connectivity index (χ1v) is 5.60. The fourth-order valence-corrected chi connectivity index (χ4v) is 1.68. The molecule has 3 heteroatoms. The van der Waals surface area contributed by atoms with Gasteiger partial charge in [0, 0.05) is 12.1 Å². The van der Waals surface area contributed by atoms with Crippen molar-refractivity contribution in [3.05, 3.63) is 36.4 Å². The maximum atomic E-state index is 11.3. The van der Waals surface area contributed by atoms with Crippen LogP contribution in [0, 0.1) is 0 Å². The lowest BCUT2D eigenvalue weighted by atomic mass is 10.1. The first kappa shape index (κ1) is 11.5. The molecule has 0 aromatic heterocycles. The maximum absolute atomic E-state index is 11.3. The summed E-state index contributed by atoms with van der Waals surface area (Å²) in [6, 6.07) is 11.7. The van der Waals surface area contributed by atoms with E-state index in [2.05, 4.69) is 5.32 Å². The van der Waals surface area contributed by atoms with Crippen LogP contribution in [0.4, 0.5) is 5.69 Å². The summed E-state index contributed by atoms with van der Waals surface area (Å²) in [7, 11) is 1.65. The molecule has 0 heterocycles. The quantitative estimate of drug-likeness (QED) is 0.877. The van der Waals surface area contributed by atoms with Crippen LogP contribution in [0.2, 0.25) is 0 Å². The van der Waals surface area contributed by atoms with Gasteiger partial charge < -0.3 is 10.1 Å². The van der Waals surface area contributed by atoms with Gasteiger partial charge in [-0.15, -0.1) is 0 Å². The number of carbonyl (C=O) groups is 1. The lowest BCUT2D eigenvalue weighted by Gasteiger charge is -2.06. The fourth-order valence-electron chi connectivity index (χ4n) is 1.68. The second-order valence-electron chi connectivity index (χ2n) is 3.83. The van der Waals surface area contributed by atoms with Gasteiger partial charge in [-0.05, 0) is 35.0 Å². The van der Waals surface area contributed by atoms with Gasteiger partial charge in [0.2, 0.25) is 5.91 Å². The molecule has 0 spiro atoms. The van der Waals surface area contributed by atoms with Crippen molar-refractivity contribution in [1.29, 1.82) is 0 Å². The Bertz CT molecular complexity index is 549. The standard InChI is InChI=1S/C14H15NO2/c1-3-14(16)15-12-6-4-11-9-13(17-2)7-5-10(11)8-12/h4-9H,3H2,1-2H3,(H,15,16). The van der Waals surface area contributed by atoms with Crippen molar-refractivity contribution >= 4 is 22.4 Å². The molecule has 0 atom stereocenters. The summed E-state index contributed by atoms with van der Waals surface area (Å²) < 4.78 is 5.16. The summed E-state index contributed by atoms with van der Waals surface area (Å²) in [5.74, 6) is 0.862. The van der Waals surface area contributed by atoms with Crippen LogP contribution in [0.5, 0.6) is 5.75 Å². The molecule has 1 amide bonds. The normalized spacial score (nSPS) is 10.2. The smallest absolute Gasteiger partial charge is 0.224 e. The highest BCUT2D eigenvalue weighted by atomic mass is 16.5. The van der Waals surface area contributed by atoms with E-state index in [1.807, 2.05) is 43.3 Å². The Hall–Kier alpha value is -2.03. The van der Waals surface area contributed by atoms with Gasteiger partial charge in [-0.25, -0.2) is 0 Å². The summed E-state index contributed by atoms with van der Waals surface area (Å²) >= 11 is 0. The molecule has 17 heavy (non-hydrogen) atoms. The number of methoxy groups -OCH3 is 1. The fraction of sp³-hybridized carbons (Fsp3) is 0.214. The van der Waals surface area contributed by atoms with E-state index in [4.69, 9.17) is 4.74 Å². The highest BCUT2D eigenvalue weighted by Gasteiger charge is 2.01.